The van der Waals surface area contributed by atoms with E-state index in [0.717, 1.165) is 23.3 Å². The van der Waals surface area contributed by atoms with Crippen LogP contribution in [0, 0.1) is 13.8 Å². The first-order valence-electron chi connectivity index (χ1n) is 7.20. The van der Waals surface area contributed by atoms with Gasteiger partial charge in [-0.1, -0.05) is 29.8 Å². The second kappa shape index (κ2) is 7.40. The second-order valence-electron chi connectivity index (χ2n) is 5.29. The first kappa shape index (κ1) is 16.5. The first-order valence-corrected chi connectivity index (χ1v) is 7.20. The average Bonchev–Trinajstić information content (AvgIpc) is 2.53. The van der Waals surface area contributed by atoms with Gasteiger partial charge in [-0.25, -0.2) is 4.79 Å². The van der Waals surface area contributed by atoms with Gasteiger partial charge in [0.1, 0.15) is 12.4 Å². The van der Waals surface area contributed by atoms with Gasteiger partial charge < -0.3 is 9.84 Å². The van der Waals surface area contributed by atoms with Crippen molar-refractivity contribution in [2.45, 2.75) is 20.5 Å². The SMILES string of the molecule is Cc1ccc(COc2ccc(C(=O)/C=C/C(=O)O)cc2C)cc1. The zero-order chi connectivity index (χ0) is 16.8. The van der Waals surface area contributed by atoms with Gasteiger partial charge in [-0.2, -0.15) is 0 Å². The summed E-state index contributed by atoms with van der Waals surface area (Å²) in [6, 6.07) is 13.1. The smallest absolute Gasteiger partial charge is 0.328 e. The van der Waals surface area contributed by atoms with Crippen LogP contribution in [-0.2, 0) is 11.4 Å². The highest BCUT2D eigenvalue weighted by molar-refractivity contribution is 6.07. The van der Waals surface area contributed by atoms with E-state index in [4.69, 9.17) is 9.84 Å². The van der Waals surface area contributed by atoms with Gasteiger partial charge in [0.25, 0.3) is 0 Å². The number of ether oxygens (including phenoxy) is 1. The first-order chi connectivity index (χ1) is 11.0. The van der Waals surface area contributed by atoms with E-state index in [2.05, 4.69) is 0 Å². The maximum Gasteiger partial charge on any atom is 0.328 e. The van der Waals surface area contributed by atoms with Gasteiger partial charge in [-0.15, -0.1) is 0 Å². The molecule has 4 nitrogen and oxygen atoms in total. The third-order valence-electron chi connectivity index (χ3n) is 3.35. The number of aryl methyl sites for hydroxylation is 2. The molecule has 0 spiro atoms. The van der Waals surface area contributed by atoms with Crippen molar-refractivity contribution in [3.63, 3.8) is 0 Å². The van der Waals surface area contributed by atoms with Crippen molar-refractivity contribution < 1.29 is 19.4 Å². The molecule has 2 aromatic rings. The summed E-state index contributed by atoms with van der Waals surface area (Å²) in [6.07, 6.45) is 1.88. The molecule has 0 aliphatic heterocycles. The topological polar surface area (TPSA) is 63.6 Å². The normalized spacial score (nSPS) is 10.7. The van der Waals surface area contributed by atoms with Crippen LogP contribution in [0.25, 0.3) is 0 Å². The van der Waals surface area contributed by atoms with Crippen LogP contribution in [0.2, 0.25) is 0 Å². The molecule has 0 amide bonds. The number of hydrogen-bond acceptors (Lipinski definition) is 3. The summed E-state index contributed by atoms with van der Waals surface area (Å²) in [4.78, 5) is 22.3. The van der Waals surface area contributed by atoms with Gasteiger partial charge in [0.2, 0.25) is 0 Å². The minimum Gasteiger partial charge on any atom is -0.489 e. The molecule has 0 saturated heterocycles. The summed E-state index contributed by atoms with van der Waals surface area (Å²) < 4.78 is 5.77. The fourth-order valence-corrected chi connectivity index (χ4v) is 2.05. The monoisotopic (exact) mass is 310 g/mol. The van der Waals surface area contributed by atoms with Crippen molar-refractivity contribution in [1.82, 2.24) is 0 Å². The van der Waals surface area contributed by atoms with Crippen LogP contribution >= 0.6 is 0 Å². The number of benzene rings is 2. The number of carboxylic acid groups (broad SMARTS) is 1. The average molecular weight is 310 g/mol. The zero-order valence-corrected chi connectivity index (χ0v) is 13.1. The van der Waals surface area contributed by atoms with Crippen molar-refractivity contribution in [3.8, 4) is 5.75 Å². The number of allylic oxidation sites excluding steroid dienone is 1. The minimum atomic E-state index is -1.15. The van der Waals surface area contributed by atoms with Gasteiger partial charge in [0.15, 0.2) is 5.78 Å². The number of carbonyl (C=O) groups is 2. The predicted molar refractivity (Wildman–Crippen MR) is 87.8 cm³/mol. The van der Waals surface area contributed by atoms with E-state index in [1.54, 1.807) is 18.2 Å². The van der Waals surface area contributed by atoms with Crippen LogP contribution in [0.4, 0.5) is 0 Å². The van der Waals surface area contributed by atoms with Crippen LogP contribution in [0.15, 0.2) is 54.6 Å². The Hall–Kier alpha value is -2.88. The third-order valence-corrected chi connectivity index (χ3v) is 3.35. The van der Waals surface area contributed by atoms with E-state index in [1.165, 1.54) is 5.56 Å². The quantitative estimate of drug-likeness (QED) is 0.652. The Morgan fingerprint density at radius 2 is 1.74 bits per heavy atom. The molecule has 0 fully saturated rings. The molecule has 2 rings (SSSR count). The van der Waals surface area contributed by atoms with Crippen molar-refractivity contribution in [2.75, 3.05) is 0 Å². The van der Waals surface area contributed by atoms with Gasteiger partial charge in [-0.05, 0) is 49.2 Å². The van der Waals surface area contributed by atoms with Gasteiger partial charge in [0.05, 0.1) is 0 Å². The zero-order valence-electron chi connectivity index (χ0n) is 13.1. The Morgan fingerprint density at radius 3 is 2.35 bits per heavy atom. The molecule has 1 N–H and O–H groups in total. The van der Waals surface area contributed by atoms with Gasteiger partial charge >= 0.3 is 5.97 Å². The molecule has 23 heavy (non-hydrogen) atoms. The predicted octanol–water partition coefficient (Wildman–Crippen LogP) is 3.71. The number of carboxylic acids is 1. The molecule has 0 atom stereocenters. The van der Waals surface area contributed by atoms with E-state index in [9.17, 15) is 9.59 Å². The number of carbonyl (C=O) groups excluding carboxylic acids is 1. The summed E-state index contributed by atoms with van der Waals surface area (Å²) in [5.41, 5.74) is 3.52. The van der Waals surface area contributed by atoms with E-state index < -0.39 is 5.97 Å². The molecule has 0 aliphatic carbocycles. The molecule has 0 aromatic heterocycles. The van der Waals surface area contributed by atoms with Crippen molar-refractivity contribution in [1.29, 1.82) is 0 Å². The molecule has 2 aromatic carbocycles. The Labute approximate surface area is 135 Å². The van der Waals surface area contributed by atoms with Crippen LogP contribution in [0.1, 0.15) is 27.0 Å². The lowest BCUT2D eigenvalue weighted by atomic mass is 10.1. The largest absolute Gasteiger partial charge is 0.489 e. The lowest BCUT2D eigenvalue weighted by Gasteiger charge is -2.10. The fourth-order valence-electron chi connectivity index (χ4n) is 2.05. The number of rotatable bonds is 6. The summed E-state index contributed by atoms with van der Waals surface area (Å²) in [7, 11) is 0. The van der Waals surface area contributed by atoms with Crippen molar-refractivity contribution in [3.05, 3.63) is 76.9 Å². The Morgan fingerprint density at radius 1 is 1.04 bits per heavy atom. The van der Waals surface area contributed by atoms with Crippen molar-refractivity contribution >= 4 is 11.8 Å². The van der Waals surface area contributed by atoms with Crippen LogP contribution < -0.4 is 4.74 Å². The maximum absolute atomic E-state index is 11.8. The molecule has 118 valence electrons. The Balaban J connectivity index is 2.05. The highest BCUT2D eigenvalue weighted by Gasteiger charge is 2.07. The van der Waals surface area contributed by atoms with E-state index in [-0.39, 0.29) is 5.78 Å². The van der Waals surface area contributed by atoms with Crippen LogP contribution in [-0.4, -0.2) is 16.9 Å². The van der Waals surface area contributed by atoms with Gasteiger partial charge in [-0.3, -0.25) is 4.79 Å². The van der Waals surface area contributed by atoms with Crippen LogP contribution in [0.3, 0.4) is 0 Å². The lowest BCUT2D eigenvalue weighted by molar-refractivity contribution is -0.131. The summed E-state index contributed by atoms with van der Waals surface area (Å²) in [5, 5.41) is 8.54. The molecular formula is C19H18O4. The standard InChI is InChI=1S/C19H18O4/c1-13-3-5-15(6-4-13)12-23-18-9-7-16(11-14(18)2)17(20)8-10-19(21)22/h3-11H,12H2,1-2H3,(H,21,22)/b10-8+. The highest BCUT2D eigenvalue weighted by Crippen LogP contribution is 2.21. The third kappa shape index (κ3) is 4.81. The van der Waals surface area contributed by atoms with E-state index in [0.29, 0.717) is 17.9 Å². The molecule has 0 aliphatic rings. The molecule has 0 heterocycles. The second-order valence-corrected chi connectivity index (χ2v) is 5.29. The Kier molecular flexibility index (Phi) is 5.31. The number of ketones is 1. The highest BCUT2D eigenvalue weighted by atomic mass is 16.5. The molecule has 0 bridgehead atoms. The van der Waals surface area contributed by atoms with Gasteiger partial charge in [0, 0.05) is 11.6 Å². The minimum absolute atomic E-state index is 0.347. The number of hydrogen-bond donors (Lipinski definition) is 1. The molecule has 0 radical (unpaired) electrons. The summed E-state index contributed by atoms with van der Waals surface area (Å²) in [6.45, 7) is 4.33. The van der Waals surface area contributed by atoms with Crippen LogP contribution in [0.5, 0.6) is 5.75 Å². The Bertz CT molecular complexity index is 742. The van der Waals surface area contributed by atoms with E-state index in [1.807, 2.05) is 38.1 Å². The summed E-state index contributed by atoms with van der Waals surface area (Å²) in [5.74, 6) is -0.793. The molecular weight excluding hydrogens is 292 g/mol. The molecule has 0 saturated carbocycles. The fraction of sp³-hybridized carbons (Fsp3) is 0.158. The lowest BCUT2D eigenvalue weighted by Crippen LogP contribution is -2.00. The van der Waals surface area contributed by atoms with Crippen molar-refractivity contribution in [2.24, 2.45) is 0 Å². The van der Waals surface area contributed by atoms with E-state index >= 15 is 0 Å². The maximum atomic E-state index is 11.8. The summed E-state index contributed by atoms with van der Waals surface area (Å²) >= 11 is 0. The molecule has 0 unspecified atom stereocenters. The number of aliphatic carboxylic acids is 1. The molecule has 4 heteroatoms.